The van der Waals surface area contributed by atoms with Gasteiger partial charge in [-0.15, -0.1) is 0 Å². The summed E-state index contributed by atoms with van der Waals surface area (Å²) in [5.74, 6) is 0. The van der Waals surface area contributed by atoms with Crippen LogP contribution in [0.2, 0.25) is 0 Å². The van der Waals surface area contributed by atoms with Crippen LogP contribution in [0.25, 0.3) is 0 Å². The molecule has 4 heteroatoms. The third kappa shape index (κ3) is 4.81. The van der Waals surface area contributed by atoms with Crippen molar-refractivity contribution in [2.24, 2.45) is 0 Å². The van der Waals surface area contributed by atoms with Crippen LogP contribution in [0.5, 0.6) is 0 Å². The second kappa shape index (κ2) is 7.37. The largest absolute Gasteiger partial charge is 0.380 e. The summed E-state index contributed by atoms with van der Waals surface area (Å²) in [7, 11) is 0. The van der Waals surface area contributed by atoms with E-state index in [-0.39, 0.29) is 0 Å². The van der Waals surface area contributed by atoms with Gasteiger partial charge in [-0.25, -0.2) is 0 Å². The molecular formula is C13H21N3O. The third-order valence-corrected chi connectivity index (χ3v) is 2.95. The molecule has 1 aromatic rings. The lowest BCUT2D eigenvalue weighted by molar-refractivity contribution is 0.141. The molecule has 0 atom stereocenters. The fourth-order valence-electron chi connectivity index (χ4n) is 1.98. The molecule has 17 heavy (non-hydrogen) atoms. The number of hydrogen-bond donors (Lipinski definition) is 1. The van der Waals surface area contributed by atoms with Gasteiger partial charge in [0.1, 0.15) is 0 Å². The number of rotatable bonds is 5. The van der Waals surface area contributed by atoms with Crippen LogP contribution in [0.4, 0.5) is 0 Å². The van der Waals surface area contributed by atoms with E-state index in [0.29, 0.717) is 0 Å². The van der Waals surface area contributed by atoms with Crippen LogP contribution in [-0.2, 0) is 11.3 Å². The van der Waals surface area contributed by atoms with E-state index in [9.17, 15) is 0 Å². The topological polar surface area (TPSA) is 37.4 Å². The van der Waals surface area contributed by atoms with Gasteiger partial charge >= 0.3 is 0 Å². The Labute approximate surface area is 103 Å². The van der Waals surface area contributed by atoms with Gasteiger partial charge < -0.3 is 10.1 Å². The Hall–Kier alpha value is -0.970. The van der Waals surface area contributed by atoms with Gasteiger partial charge in [0.05, 0.1) is 12.3 Å². The summed E-state index contributed by atoms with van der Waals surface area (Å²) in [5, 5.41) is 3.42. The number of hydrogen-bond acceptors (Lipinski definition) is 4. The van der Waals surface area contributed by atoms with Crippen LogP contribution in [0.1, 0.15) is 12.1 Å². The number of pyridine rings is 1. The quantitative estimate of drug-likeness (QED) is 0.769. The lowest BCUT2D eigenvalue weighted by Crippen LogP contribution is -2.33. The van der Waals surface area contributed by atoms with E-state index >= 15 is 0 Å². The maximum Gasteiger partial charge on any atom is 0.0593 e. The normalized spacial score (nSPS) is 17.9. The lowest BCUT2D eigenvalue weighted by atomic mass is 10.3. The molecule has 1 saturated heterocycles. The maximum atomic E-state index is 5.43. The molecule has 1 N–H and O–H groups in total. The Kier molecular flexibility index (Phi) is 5.42. The van der Waals surface area contributed by atoms with Gasteiger partial charge in [-0.3, -0.25) is 9.88 Å². The van der Waals surface area contributed by atoms with Gasteiger partial charge in [0.15, 0.2) is 0 Å². The standard InChI is InChI=1S/C13H21N3O/c1-2-5-15-13(4-1)12-14-6-8-16-7-3-10-17-11-9-16/h1-2,4-5,14H,3,6-12H2. The molecule has 0 saturated carbocycles. The Morgan fingerprint density at radius 2 is 2.29 bits per heavy atom. The monoisotopic (exact) mass is 235 g/mol. The number of nitrogens with one attached hydrogen (secondary N) is 1. The fraction of sp³-hybridized carbons (Fsp3) is 0.615. The first-order valence-electron chi connectivity index (χ1n) is 6.36. The molecule has 0 aromatic carbocycles. The predicted octanol–water partition coefficient (Wildman–Crippen LogP) is 0.893. The molecule has 0 bridgehead atoms. The van der Waals surface area contributed by atoms with Crippen molar-refractivity contribution >= 4 is 0 Å². The molecule has 2 rings (SSSR count). The zero-order valence-corrected chi connectivity index (χ0v) is 10.3. The van der Waals surface area contributed by atoms with Crippen molar-refractivity contribution < 1.29 is 4.74 Å². The van der Waals surface area contributed by atoms with Crippen LogP contribution in [0, 0.1) is 0 Å². The van der Waals surface area contributed by atoms with Gasteiger partial charge in [0.2, 0.25) is 0 Å². The summed E-state index contributed by atoms with van der Waals surface area (Å²) in [4.78, 5) is 6.74. The first kappa shape index (κ1) is 12.5. The van der Waals surface area contributed by atoms with Crippen LogP contribution in [-0.4, -0.2) is 49.3 Å². The molecule has 94 valence electrons. The van der Waals surface area contributed by atoms with Gasteiger partial charge in [0, 0.05) is 45.5 Å². The average molecular weight is 235 g/mol. The average Bonchev–Trinajstić information content (AvgIpc) is 2.65. The molecule has 0 aliphatic carbocycles. The van der Waals surface area contributed by atoms with Crippen LogP contribution in [0.15, 0.2) is 24.4 Å². The minimum absolute atomic E-state index is 0.852. The molecule has 2 heterocycles. The minimum Gasteiger partial charge on any atom is -0.380 e. The van der Waals surface area contributed by atoms with E-state index in [2.05, 4.69) is 15.2 Å². The van der Waals surface area contributed by atoms with Crippen molar-refractivity contribution in [3.8, 4) is 0 Å². The molecule has 4 nitrogen and oxygen atoms in total. The van der Waals surface area contributed by atoms with Crippen molar-refractivity contribution in [1.82, 2.24) is 15.2 Å². The van der Waals surface area contributed by atoms with E-state index in [1.807, 2.05) is 24.4 Å². The SMILES string of the molecule is c1ccc(CNCCN2CCCOCC2)nc1. The molecule has 1 fully saturated rings. The summed E-state index contributed by atoms with van der Waals surface area (Å²) in [6.45, 7) is 6.96. The van der Waals surface area contributed by atoms with Crippen LogP contribution >= 0.6 is 0 Å². The van der Waals surface area contributed by atoms with Crippen molar-refractivity contribution in [2.75, 3.05) is 39.4 Å². The van der Waals surface area contributed by atoms with E-state index in [0.717, 1.165) is 58.1 Å². The summed E-state index contributed by atoms with van der Waals surface area (Å²) in [5.41, 5.74) is 1.10. The molecule has 0 radical (unpaired) electrons. The molecule has 1 aromatic heterocycles. The Balaban J connectivity index is 1.59. The first-order valence-corrected chi connectivity index (χ1v) is 6.36. The lowest BCUT2D eigenvalue weighted by Gasteiger charge is -2.18. The number of nitrogens with zero attached hydrogens (tertiary/aromatic N) is 2. The third-order valence-electron chi connectivity index (χ3n) is 2.95. The predicted molar refractivity (Wildman–Crippen MR) is 67.8 cm³/mol. The Morgan fingerprint density at radius 3 is 3.18 bits per heavy atom. The highest BCUT2D eigenvalue weighted by Crippen LogP contribution is 1.98. The van der Waals surface area contributed by atoms with Gasteiger partial charge in [-0.1, -0.05) is 6.07 Å². The second-order valence-corrected chi connectivity index (χ2v) is 4.31. The molecule has 0 unspecified atom stereocenters. The fourth-order valence-corrected chi connectivity index (χ4v) is 1.98. The highest BCUT2D eigenvalue weighted by atomic mass is 16.5. The van der Waals surface area contributed by atoms with Crippen LogP contribution < -0.4 is 5.32 Å². The highest BCUT2D eigenvalue weighted by Gasteiger charge is 2.07. The van der Waals surface area contributed by atoms with Gasteiger partial charge in [0.25, 0.3) is 0 Å². The Bertz CT molecular complexity index is 297. The molecular weight excluding hydrogens is 214 g/mol. The maximum absolute atomic E-state index is 5.43. The smallest absolute Gasteiger partial charge is 0.0593 e. The Morgan fingerprint density at radius 1 is 1.29 bits per heavy atom. The molecule has 0 amide bonds. The summed E-state index contributed by atoms with van der Waals surface area (Å²) in [6.07, 6.45) is 2.99. The van der Waals surface area contributed by atoms with Gasteiger partial charge in [-0.2, -0.15) is 0 Å². The first-order chi connectivity index (χ1) is 8.45. The van der Waals surface area contributed by atoms with Crippen molar-refractivity contribution in [2.45, 2.75) is 13.0 Å². The summed E-state index contributed by atoms with van der Waals surface area (Å²) >= 11 is 0. The molecule has 1 aliphatic rings. The van der Waals surface area contributed by atoms with E-state index < -0.39 is 0 Å². The minimum atomic E-state index is 0.852. The van der Waals surface area contributed by atoms with Crippen molar-refractivity contribution in [3.63, 3.8) is 0 Å². The summed E-state index contributed by atoms with van der Waals surface area (Å²) < 4.78 is 5.43. The zero-order chi connectivity index (χ0) is 11.8. The number of aromatic nitrogens is 1. The van der Waals surface area contributed by atoms with Crippen molar-refractivity contribution in [1.29, 1.82) is 0 Å². The van der Waals surface area contributed by atoms with E-state index in [4.69, 9.17) is 4.74 Å². The molecule has 0 spiro atoms. The second-order valence-electron chi connectivity index (χ2n) is 4.31. The van der Waals surface area contributed by atoms with E-state index in [1.165, 1.54) is 0 Å². The summed E-state index contributed by atoms with van der Waals surface area (Å²) in [6, 6.07) is 6.02. The van der Waals surface area contributed by atoms with Crippen molar-refractivity contribution in [3.05, 3.63) is 30.1 Å². The molecule has 1 aliphatic heterocycles. The zero-order valence-electron chi connectivity index (χ0n) is 10.3. The highest BCUT2D eigenvalue weighted by molar-refractivity contribution is 5.02. The van der Waals surface area contributed by atoms with E-state index in [1.54, 1.807) is 0 Å². The number of ether oxygens (including phenoxy) is 1. The van der Waals surface area contributed by atoms with Gasteiger partial charge in [-0.05, 0) is 18.6 Å². The van der Waals surface area contributed by atoms with Crippen LogP contribution in [0.3, 0.4) is 0 Å².